The number of imidazole rings is 1. The molecule has 5 nitrogen and oxygen atoms in total. The zero-order valence-corrected chi connectivity index (χ0v) is 14.8. The van der Waals surface area contributed by atoms with Gasteiger partial charge in [-0.3, -0.25) is 10.3 Å². The van der Waals surface area contributed by atoms with Crippen molar-refractivity contribution in [1.29, 1.82) is 0 Å². The molecule has 23 heavy (non-hydrogen) atoms. The molecule has 1 aliphatic heterocycles. The highest BCUT2D eigenvalue weighted by atomic mass is 127. The van der Waals surface area contributed by atoms with Gasteiger partial charge in [0, 0.05) is 10.7 Å². The number of benzene rings is 2. The third kappa shape index (κ3) is 2.66. The van der Waals surface area contributed by atoms with E-state index < -0.39 is 0 Å². The summed E-state index contributed by atoms with van der Waals surface area (Å²) in [6.45, 7) is 0. The van der Waals surface area contributed by atoms with Crippen molar-refractivity contribution in [3.05, 3.63) is 59.4 Å². The standard InChI is InChI=1S/C16H12ClIN4O/c17-10-5-7-11(8-6-10)22-13-4-2-1-3-12(13)20-16(22)14-15(19)18-9-23-21-14/h1-8H,9,19H2. The second-order valence-corrected chi connectivity index (χ2v) is 7.88. The van der Waals surface area contributed by atoms with Crippen LogP contribution in [0, 0.1) is 0 Å². The number of fused-ring (bicyclic) bond motifs is 1. The molecule has 0 spiro atoms. The van der Waals surface area contributed by atoms with E-state index in [2.05, 4.69) is 5.16 Å². The third-order valence-electron chi connectivity index (χ3n) is 3.49. The Balaban J connectivity index is 2.00. The highest BCUT2D eigenvalue weighted by Crippen LogP contribution is 2.24. The molecular weight excluding hydrogens is 427 g/mol. The zero-order valence-electron chi connectivity index (χ0n) is 11.9. The number of aromatic nitrogens is 2. The van der Waals surface area contributed by atoms with E-state index in [4.69, 9.17) is 27.2 Å². The number of alkyl halides is 1. The molecule has 3 aromatic rings. The molecule has 0 saturated carbocycles. The van der Waals surface area contributed by atoms with E-state index >= 15 is 0 Å². The zero-order chi connectivity index (χ0) is 15.8. The first-order chi connectivity index (χ1) is 11.2. The molecule has 4 rings (SSSR count). The van der Waals surface area contributed by atoms with E-state index in [1.165, 1.54) is 0 Å². The summed E-state index contributed by atoms with van der Waals surface area (Å²) < 4.78 is 3.44. The smallest absolute Gasteiger partial charge is 0.169 e. The largest absolute Gasteiger partial charge is 0.385 e. The highest BCUT2D eigenvalue weighted by Gasteiger charge is 2.21. The van der Waals surface area contributed by atoms with Gasteiger partial charge in [0.2, 0.25) is 0 Å². The maximum atomic E-state index is 6.18. The van der Waals surface area contributed by atoms with Crippen LogP contribution in [0.4, 0.5) is 0 Å². The van der Waals surface area contributed by atoms with Gasteiger partial charge in [-0.25, -0.2) is 4.98 Å². The topological polar surface area (TPSA) is 65.4 Å². The van der Waals surface area contributed by atoms with Crippen LogP contribution in [0.2, 0.25) is 5.02 Å². The van der Waals surface area contributed by atoms with E-state index in [9.17, 15) is 0 Å². The van der Waals surface area contributed by atoms with Gasteiger partial charge in [0.05, 0.1) is 14.7 Å². The Morgan fingerprint density at radius 1 is 1.13 bits per heavy atom. The van der Waals surface area contributed by atoms with E-state index in [-0.39, 0.29) is 20.7 Å². The highest BCUT2D eigenvalue weighted by molar-refractivity contribution is 14.2. The van der Waals surface area contributed by atoms with Gasteiger partial charge in [0.1, 0.15) is 0 Å². The quantitative estimate of drug-likeness (QED) is 0.492. The fraction of sp³-hybridized carbons (Fsp3) is 0.0625. The molecule has 0 amide bonds. The molecule has 116 valence electrons. The molecule has 1 aliphatic rings. The number of rotatable bonds is 2. The maximum absolute atomic E-state index is 6.18. The fourth-order valence-corrected chi connectivity index (χ4v) is 3.90. The first kappa shape index (κ1) is 14.8. The van der Waals surface area contributed by atoms with Crippen LogP contribution < -0.4 is 5.73 Å². The second kappa shape index (κ2) is 6.03. The molecule has 2 N–H and O–H groups in total. The van der Waals surface area contributed by atoms with Crippen molar-refractivity contribution < 1.29 is 4.84 Å². The molecule has 0 fully saturated rings. The number of hydrogen-bond donors (Lipinski definition) is 1. The molecule has 0 unspecified atom stereocenters. The molecule has 1 aromatic heterocycles. The average Bonchev–Trinajstić information content (AvgIpc) is 2.95. The number of nitrogens with two attached hydrogens (primary N) is 1. The van der Waals surface area contributed by atoms with E-state index in [0.717, 1.165) is 20.4 Å². The molecule has 2 heterocycles. The number of halogens is 2. The fourth-order valence-electron chi connectivity index (χ4n) is 2.46. The first-order valence-corrected chi connectivity index (χ1v) is 9.88. The maximum Gasteiger partial charge on any atom is 0.169 e. The Bertz CT molecular complexity index is 946. The number of oxime groups is 1. The van der Waals surface area contributed by atoms with Crippen molar-refractivity contribution in [2.45, 2.75) is 0 Å². The molecule has 0 bridgehead atoms. The predicted molar refractivity (Wildman–Crippen MR) is 102 cm³/mol. The average molecular weight is 439 g/mol. The van der Waals surface area contributed by atoms with Crippen LogP contribution in [0.3, 0.4) is 0 Å². The lowest BCUT2D eigenvalue weighted by Crippen LogP contribution is -2.28. The van der Waals surface area contributed by atoms with Crippen molar-refractivity contribution >= 4 is 52.7 Å². The minimum absolute atomic E-state index is 0.365. The molecule has 0 atom stereocenters. The van der Waals surface area contributed by atoms with E-state index in [1.54, 1.807) is 0 Å². The molecule has 2 aromatic carbocycles. The molecule has 0 saturated heterocycles. The summed E-state index contributed by atoms with van der Waals surface area (Å²) in [7, 11) is 0. The normalized spacial score (nSPS) is 14.7. The van der Waals surface area contributed by atoms with Crippen LogP contribution in [-0.4, -0.2) is 23.5 Å². The van der Waals surface area contributed by atoms with Gasteiger partial charge in [-0.1, -0.05) is 49.6 Å². The Hall–Kier alpha value is -1.77. The minimum atomic E-state index is -0.365. The van der Waals surface area contributed by atoms with Gasteiger partial charge in [0.15, 0.2) is 16.1 Å². The van der Waals surface area contributed by atoms with Gasteiger partial charge < -0.3 is 4.84 Å². The summed E-state index contributed by atoms with van der Waals surface area (Å²) in [5.74, 6) is 0.699. The number of hydrogen-bond acceptors (Lipinski definition) is 4. The van der Waals surface area contributed by atoms with Crippen LogP contribution in [0.15, 0.2) is 53.7 Å². The summed E-state index contributed by atoms with van der Waals surface area (Å²) in [6, 6.07) is 15.6. The summed E-state index contributed by atoms with van der Waals surface area (Å²) >= 11 is 5.65. The van der Waals surface area contributed by atoms with Crippen molar-refractivity contribution in [1.82, 2.24) is 9.55 Å². The van der Waals surface area contributed by atoms with Crippen LogP contribution >= 0.6 is 32.3 Å². The molecular formula is C16H12ClIN4O. The van der Waals surface area contributed by atoms with Gasteiger partial charge in [-0.05, 0) is 36.4 Å². The lowest BCUT2D eigenvalue weighted by molar-refractivity contribution is 0.205. The SMILES string of the molecule is NC1=ICON=C1c1nc2ccccc2n1-c1ccc(Cl)cc1. The van der Waals surface area contributed by atoms with Crippen molar-refractivity contribution in [3.8, 4) is 5.69 Å². The van der Waals surface area contributed by atoms with Crippen LogP contribution in [-0.2, 0) is 4.84 Å². The first-order valence-electron chi connectivity index (χ1n) is 6.90. The number of nitrogens with zero attached hydrogens (tertiary/aromatic N) is 3. The van der Waals surface area contributed by atoms with Crippen molar-refractivity contribution in [2.75, 3.05) is 4.61 Å². The third-order valence-corrected chi connectivity index (χ3v) is 5.66. The van der Waals surface area contributed by atoms with Gasteiger partial charge in [0.25, 0.3) is 0 Å². The summed E-state index contributed by atoms with van der Waals surface area (Å²) in [5, 5.41) is 4.84. The Kier molecular flexibility index (Phi) is 3.88. The lowest BCUT2D eigenvalue weighted by Gasteiger charge is -2.13. The molecule has 0 radical (unpaired) electrons. The Morgan fingerprint density at radius 3 is 2.70 bits per heavy atom. The van der Waals surface area contributed by atoms with E-state index in [1.807, 2.05) is 53.1 Å². The Morgan fingerprint density at radius 2 is 1.91 bits per heavy atom. The van der Waals surface area contributed by atoms with Crippen LogP contribution in [0.1, 0.15) is 5.82 Å². The van der Waals surface area contributed by atoms with E-state index in [0.29, 0.717) is 21.2 Å². The van der Waals surface area contributed by atoms with Gasteiger partial charge in [-0.2, -0.15) is 0 Å². The van der Waals surface area contributed by atoms with Crippen LogP contribution in [0.5, 0.6) is 0 Å². The van der Waals surface area contributed by atoms with Gasteiger partial charge >= 0.3 is 0 Å². The predicted octanol–water partition coefficient (Wildman–Crippen LogP) is 3.43. The lowest BCUT2D eigenvalue weighted by atomic mass is 10.2. The monoisotopic (exact) mass is 438 g/mol. The summed E-state index contributed by atoms with van der Waals surface area (Å²) in [5.41, 5.74) is 9.65. The molecule has 7 heteroatoms. The second-order valence-electron chi connectivity index (χ2n) is 4.90. The Labute approximate surface area is 147 Å². The summed E-state index contributed by atoms with van der Waals surface area (Å²) in [4.78, 5) is 10.00. The summed E-state index contributed by atoms with van der Waals surface area (Å²) in [6.07, 6.45) is 0. The van der Waals surface area contributed by atoms with Crippen molar-refractivity contribution in [2.24, 2.45) is 10.9 Å². The minimum Gasteiger partial charge on any atom is -0.385 e. The van der Waals surface area contributed by atoms with Crippen molar-refractivity contribution in [3.63, 3.8) is 0 Å². The van der Waals surface area contributed by atoms with Crippen LogP contribution in [0.25, 0.3) is 16.7 Å². The van der Waals surface area contributed by atoms with Gasteiger partial charge in [-0.15, -0.1) is 0 Å². The number of para-hydroxylation sites is 2. The molecule has 0 aliphatic carbocycles.